The smallest absolute Gasteiger partial charge is 0.242 e. The summed E-state index contributed by atoms with van der Waals surface area (Å²) in [5.41, 5.74) is 3.64. The van der Waals surface area contributed by atoms with E-state index in [0.717, 1.165) is 22.3 Å². The van der Waals surface area contributed by atoms with Gasteiger partial charge >= 0.3 is 0 Å². The summed E-state index contributed by atoms with van der Waals surface area (Å²) < 4.78 is 3.90. The number of para-hydroxylation sites is 1. The third kappa shape index (κ3) is 3.27. The van der Waals surface area contributed by atoms with Crippen LogP contribution in [0.4, 0.5) is 0 Å². The Morgan fingerprint density at radius 1 is 1.23 bits per heavy atom. The summed E-state index contributed by atoms with van der Waals surface area (Å²) in [6, 6.07) is 7.26. The Hall–Kier alpha value is -2.89. The second-order valence-corrected chi connectivity index (χ2v) is 6.60. The van der Waals surface area contributed by atoms with Crippen molar-refractivity contribution in [3.05, 3.63) is 53.7 Å². The molecule has 26 heavy (non-hydrogen) atoms. The van der Waals surface area contributed by atoms with Crippen molar-refractivity contribution >= 4 is 22.6 Å². The van der Waals surface area contributed by atoms with Crippen LogP contribution in [0.2, 0.25) is 0 Å². The van der Waals surface area contributed by atoms with Gasteiger partial charge in [0.1, 0.15) is 6.04 Å². The van der Waals surface area contributed by atoms with E-state index >= 15 is 0 Å². The minimum absolute atomic E-state index is 0.00138. The molecular weight excluding hydrogens is 328 g/mol. The maximum Gasteiger partial charge on any atom is 0.242 e. The van der Waals surface area contributed by atoms with E-state index < -0.39 is 6.04 Å². The largest absolute Gasteiger partial charge is 0.353 e. The van der Waals surface area contributed by atoms with Crippen molar-refractivity contribution in [2.75, 3.05) is 6.54 Å². The monoisotopic (exact) mass is 352 g/mol. The number of nitrogens with zero attached hydrogens (tertiary/aromatic N) is 3. The molecule has 0 aliphatic heterocycles. The molecule has 136 valence electrons. The highest BCUT2D eigenvalue weighted by molar-refractivity contribution is 6.07. The molecule has 6 nitrogen and oxygen atoms in total. The summed E-state index contributed by atoms with van der Waals surface area (Å²) >= 11 is 0. The van der Waals surface area contributed by atoms with Crippen molar-refractivity contribution in [2.45, 2.75) is 40.3 Å². The second kappa shape index (κ2) is 7.15. The zero-order chi connectivity index (χ0) is 18.8. The van der Waals surface area contributed by atoms with Crippen molar-refractivity contribution in [3.63, 3.8) is 0 Å². The average molecular weight is 352 g/mol. The molecule has 0 radical (unpaired) electrons. The molecule has 0 aliphatic carbocycles. The lowest BCUT2D eigenvalue weighted by atomic mass is 10.1. The number of Topliss-reactive ketones (excluding diaryl/α,β-unsaturated/α-hetero) is 1. The maximum absolute atomic E-state index is 12.6. The predicted molar refractivity (Wildman–Crippen MR) is 101 cm³/mol. The number of fused-ring (bicyclic) bond motifs is 1. The number of carbonyl (C=O) groups excluding carboxylic acids is 2. The summed E-state index contributed by atoms with van der Waals surface area (Å²) in [7, 11) is 0. The topological polar surface area (TPSA) is 68.9 Å². The Morgan fingerprint density at radius 2 is 1.96 bits per heavy atom. The molecule has 0 bridgehead atoms. The maximum atomic E-state index is 12.6. The van der Waals surface area contributed by atoms with Gasteiger partial charge in [0.25, 0.3) is 0 Å². The van der Waals surface area contributed by atoms with Gasteiger partial charge in [-0.15, -0.1) is 0 Å². The van der Waals surface area contributed by atoms with Crippen LogP contribution in [-0.2, 0) is 11.3 Å². The Balaban J connectivity index is 1.73. The SMILES string of the molecule is CC(=O)c1cn(C(C)C(=O)NCCn2cnc(C)c2C)c2ccccc12. The molecule has 1 amide bonds. The predicted octanol–water partition coefficient (Wildman–Crippen LogP) is 3.03. The number of nitrogens with one attached hydrogen (secondary N) is 1. The van der Waals surface area contributed by atoms with Gasteiger partial charge in [0.05, 0.1) is 12.0 Å². The van der Waals surface area contributed by atoms with E-state index in [1.54, 1.807) is 19.4 Å². The average Bonchev–Trinajstić information content (AvgIpc) is 3.16. The Labute approximate surface area is 152 Å². The fourth-order valence-corrected chi connectivity index (χ4v) is 3.15. The fourth-order valence-electron chi connectivity index (χ4n) is 3.15. The van der Waals surface area contributed by atoms with Crippen LogP contribution in [0.5, 0.6) is 0 Å². The van der Waals surface area contributed by atoms with Gasteiger partial charge in [0.2, 0.25) is 5.91 Å². The van der Waals surface area contributed by atoms with Gasteiger partial charge in [0, 0.05) is 41.4 Å². The summed E-state index contributed by atoms with van der Waals surface area (Å²) in [4.78, 5) is 28.8. The van der Waals surface area contributed by atoms with Crippen molar-refractivity contribution in [3.8, 4) is 0 Å². The Morgan fingerprint density at radius 3 is 2.62 bits per heavy atom. The minimum atomic E-state index is -0.404. The first-order valence-electron chi connectivity index (χ1n) is 8.76. The molecule has 1 atom stereocenters. The fraction of sp³-hybridized carbons (Fsp3) is 0.350. The number of aryl methyl sites for hydroxylation is 1. The van der Waals surface area contributed by atoms with E-state index in [1.807, 2.05) is 54.2 Å². The van der Waals surface area contributed by atoms with Crippen LogP contribution < -0.4 is 5.32 Å². The summed E-state index contributed by atoms with van der Waals surface area (Å²) in [5, 5.41) is 3.85. The van der Waals surface area contributed by atoms with E-state index in [2.05, 4.69) is 10.3 Å². The van der Waals surface area contributed by atoms with Gasteiger partial charge < -0.3 is 14.5 Å². The van der Waals surface area contributed by atoms with Crippen LogP contribution in [0, 0.1) is 13.8 Å². The van der Waals surface area contributed by atoms with Crippen LogP contribution in [0.1, 0.15) is 41.6 Å². The van der Waals surface area contributed by atoms with E-state index in [1.165, 1.54) is 0 Å². The van der Waals surface area contributed by atoms with E-state index in [0.29, 0.717) is 18.7 Å². The molecule has 0 saturated carbocycles. The lowest BCUT2D eigenvalue weighted by Crippen LogP contribution is -2.33. The van der Waals surface area contributed by atoms with Crippen molar-refractivity contribution in [1.82, 2.24) is 19.4 Å². The lowest BCUT2D eigenvalue weighted by Gasteiger charge is -2.16. The molecule has 1 N–H and O–H groups in total. The van der Waals surface area contributed by atoms with Gasteiger partial charge in [-0.05, 0) is 33.8 Å². The molecule has 1 unspecified atom stereocenters. The summed E-state index contributed by atoms with van der Waals surface area (Å²) in [6.45, 7) is 8.58. The molecule has 6 heteroatoms. The standard InChI is InChI=1S/C20H24N4O2/c1-13-14(2)23(12-22-13)10-9-21-20(26)15(3)24-11-18(16(4)25)17-7-5-6-8-19(17)24/h5-8,11-12,15H,9-10H2,1-4H3,(H,21,26). The molecule has 0 aliphatic rings. The van der Waals surface area contributed by atoms with Gasteiger partial charge in [-0.1, -0.05) is 18.2 Å². The number of hydrogen-bond acceptors (Lipinski definition) is 3. The summed E-state index contributed by atoms with van der Waals surface area (Å²) in [5.74, 6) is -0.0751. The highest BCUT2D eigenvalue weighted by atomic mass is 16.2. The zero-order valence-electron chi connectivity index (χ0n) is 15.6. The number of benzene rings is 1. The normalized spacial score (nSPS) is 12.3. The van der Waals surface area contributed by atoms with E-state index in [4.69, 9.17) is 0 Å². The molecule has 0 fully saturated rings. The van der Waals surface area contributed by atoms with Crippen LogP contribution in [-0.4, -0.2) is 32.4 Å². The molecule has 2 heterocycles. The van der Waals surface area contributed by atoms with Crippen molar-refractivity contribution in [2.24, 2.45) is 0 Å². The van der Waals surface area contributed by atoms with Crippen LogP contribution >= 0.6 is 0 Å². The second-order valence-electron chi connectivity index (χ2n) is 6.60. The molecule has 0 saturated heterocycles. The number of imidazole rings is 1. The number of aromatic nitrogens is 3. The highest BCUT2D eigenvalue weighted by Gasteiger charge is 2.19. The van der Waals surface area contributed by atoms with Crippen molar-refractivity contribution < 1.29 is 9.59 Å². The molecule has 3 aromatic rings. The Kier molecular flexibility index (Phi) is 4.93. The Bertz CT molecular complexity index is 968. The van der Waals surface area contributed by atoms with Gasteiger partial charge in [-0.3, -0.25) is 9.59 Å². The van der Waals surface area contributed by atoms with Gasteiger partial charge in [-0.2, -0.15) is 0 Å². The number of carbonyl (C=O) groups is 2. The summed E-state index contributed by atoms with van der Waals surface area (Å²) in [6.07, 6.45) is 3.57. The van der Waals surface area contributed by atoms with Crippen LogP contribution in [0.25, 0.3) is 10.9 Å². The minimum Gasteiger partial charge on any atom is -0.353 e. The van der Waals surface area contributed by atoms with Gasteiger partial charge in [0.15, 0.2) is 5.78 Å². The van der Waals surface area contributed by atoms with Gasteiger partial charge in [-0.25, -0.2) is 4.98 Å². The van der Waals surface area contributed by atoms with Crippen molar-refractivity contribution in [1.29, 1.82) is 0 Å². The van der Waals surface area contributed by atoms with Crippen LogP contribution in [0.15, 0.2) is 36.8 Å². The first-order chi connectivity index (χ1) is 12.4. The first kappa shape index (κ1) is 17.9. The molecule has 1 aromatic carbocycles. The molecule has 3 rings (SSSR count). The van der Waals surface area contributed by atoms with E-state index in [9.17, 15) is 9.59 Å². The third-order valence-electron chi connectivity index (χ3n) is 4.91. The molecule has 0 spiro atoms. The number of rotatable bonds is 6. The third-order valence-corrected chi connectivity index (χ3v) is 4.91. The van der Waals surface area contributed by atoms with E-state index in [-0.39, 0.29) is 11.7 Å². The highest BCUT2D eigenvalue weighted by Crippen LogP contribution is 2.25. The molecule has 2 aromatic heterocycles. The molecular formula is C20H24N4O2. The van der Waals surface area contributed by atoms with Crippen LogP contribution in [0.3, 0.4) is 0 Å². The lowest BCUT2D eigenvalue weighted by molar-refractivity contribution is -0.123. The number of amides is 1. The zero-order valence-corrected chi connectivity index (χ0v) is 15.6. The number of ketones is 1. The number of hydrogen-bond donors (Lipinski definition) is 1. The first-order valence-corrected chi connectivity index (χ1v) is 8.76. The quantitative estimate of drug-likeness (QED) is 0.693.